The normalized spacial score (nSPS) is 25.0. The van der Waals surface area contributed by atoms with Crippen LogP contribution in [0, 0.1) is 0 Å². The molecule has 0 unspecified atom stereocenters. The topological polar surface area (TPSA) is 63.7 Å². The fraction of sp³-hybridized carbons (Fsp3) is 0.667. The van der Waals surface area contributed by atoms with Crippen molar-refractivity contribution in [3.8, 4) is 0 Å². The summed E-state index contributed by atoms with van der Waals surface area (Å²) in [7, 11) is 0. The Kier molecular flexibility index (Phi) is 5.68. The van der Waals surface area contributed by atoms with Crippen LogP contribution in [0.4, 0.5) is 11.5 Å². The predicted octanol–water partition coefficient (Wildman–Crippen LogP) is 2.59. The molecular weight excluding hydrogens is 306 g/mol. The molecule has 6 heteroatoms. The molecule has 1 N–H and O–H groups in total. The van der Waals surface area contributed by atoms with Gasteiger partial charge in [-0.05, 0) is 38.8 Å². The zero-order valence-electron chi connectivity index (χ0n) is 14.5. The van der Waals surface area contributed by atoms with Crippen molar-refractivity contribution in [3.05, 3.63) is 18.3 Å². The average Bonchev–Trinajstić information content (AvgIpc) is 3.06. The first-order valence-electron chi connectivity index (χ1n) is 8.88. The van der Waals surface area contributed by atoms with Crippen LogP contribution in [-0.2, 0) is 14.3 Å². The Labute approximate surface area is 143 Å². The van der Waals surface area contributed by atoms with Crippen LogP contribution >= 0.6 is 0 Å². The zero-order valence-corrected chi connectivity index (χ0v) is 14.5. The van der Waals surface area contributed by atoms with Gasteiger partial charge in [0.15, 0.2) is 0 Å². The molecule has 0 radical (unpaired) electrons. The van der Waals surface area contributed by atoms with Crippen LogP contribution in [0.15, 0.2) is 18.3 Å². The maximum atomic E-state index is 12.0. The minimum absolute atomic E-state index is 0.116. The molecule has 6 nitrogen and oxygen atoms in total. The number of aromatic nitrogens is 1. The lowest BCUT2D eigenvalue weighted by atomic mass is 10.2. The number of hydrogen-bond donors (Lipinski definition) is 1. The Morgan fingerprint density at radius 1 is 1.29 bits per heavy atom. The number of morpholine rings is 1. The molecule has 132 valence electrons. The highest BCUT2D eigenvalue weighted by atomic mass is 16.5. The van der Waals surface area contributed by atoms with Gasteiger partial charge in [0.05, 0.1) is 30.2 Å². The fourth-order valence-electron chi connectivity index (χ4n) is 3.46. The van der Waals surface area contributed by atoms with Crippen LogP contribution in [0.3, 0.4) is 0 Å². The van der Waals surface area contributed by atoms with E-state index in [1.54, 1.807) is 6.20 Å². The molecule has 2 heterocycles. The van der Waals surface area contributed by atoms with E-state index < -0.39 is 0 Å². The van der Waals surface area contributed by atoms with E-state index in [9.17, 15) is 4.79 Å². The molecule has 1 saturated heterocycles. The lowest BCUT2D eigenvalue weighted by Gasteiger charge is -2.36. The van der Waals surface area contributed by atoms with Gasteiger partial charge in [-0.2, -0.15) is 0 Å². The van der Waals surface area contributed by atoms with Crippen molar-refractivity contribution >= 4 is 17.4 Å². The molecule has 2 atom stereocenters. The van der Waals surface area contributed by atoms with Gasteiger partial charge in [0.2, 0.25) is 5.91 Å². The third-order valence-corrected chi connectivity index (χ3v) is 4.53. The first kappa shape index (κ1) is 17.2. The van der Waals surface area contributed by atoms with E-state index in [1.165, 1.54) is 12.8 Å². The molecule has 1 amide bonds. The van der Waals surface area contributed by atoms with Crippen molar-refractivity contribution in [2.24, 2.45) is 0 Å². The first-order valence-corrected chi connectivity index (χ1v) is 8.88. The van der Waals surface area contributed by atoms with E-state index in [0.29, 0.717) is 5.69 Å². The molecule has 0 bridgehead atoms. The van der Waals surface area contributed by atoms with Gasteiger partial charge in [-0.15, -0.1) is 0 Å². The SMILES string of the molecule is C[C@@H]1CN(c2ccc(NC(=O)COC3CCCC3)cn2)C[C@@H](C)O1. The van der Waals surface area contributed by atoms with Gasteiger partial charge in [-0.3, -0.25) is 4.79 Å². The molecule has 2 aliphatic rings. The van der Waals surface area contributed by atoms with Gasteiger partial charge in [-0.1, -0.05) is 12.8 Å². The molecule has 1 aromatic rings. The van der Waals surface area contributed by atoms with Crippen LogP contribution in [-0.4, -0.2) is 48.9 Å². The van der Waals surface area contributed by atoms with Crippen molar-refractivity contribution in [1.82, 2.24) is 4.98 Å². The van der Waals surface area contributed by atoms with Crippen molar-refractivity contribution in [2.45, 2.75) is 57.8 Å². The van der Waals surface area contributed by atoms with Gasteiger partial charge in [0.1, 0.15) is 12.4 Å². The van der Waals surface area contributed by atoms with E-state index in [1.807, 2.05) is 12.1 Å². The predicted molar refractivity (Wildman–Crippen MR) is 93.3 cm³/mol. The van der Waals surface area contributed by atoms with Crippen LogP contribution in [0.25, 0.3) is 0 Å². The third-order valence-electron chi connectivity index (χ3n) is 4.53. The second-order valence-corrected chi connectivity index (χ2v) is 6.83. The first-order chi connectivity index (χ1) is 11.6. The number of carbonyl (C=O) groups is 1. The van der Waals surface area contributed by atoms with E-state index in [-0.39, 0.29) is 30.8 Å². The van der Waals surface area contributed by atoms with Crippen LogP contribution < -0.4 is 10.2 Å². The maximum absolute atomic E-state index is 12.0. The fourth-order valence-corrected chi connectivity index (χ4v) is 3.46. The number of anilines is 2. The molecule has 3 rings (SSSR count). The van der Waals surface area contributed by atoms with Crippen molar-refractivity contribution in [3.63, 3.8) is 0 Å². The van der Waals surface area contributed by atoms with E-state index in [2.05, 4.69) is 29.0 Å². The summed E-state index contributed by atoms with van der Waals surface area (Å²) in [6.45, 7) is 5.92. The minimum atomic E-state index is -0.120. The summed E-state index contributed by atoms with van der Waals surface area (Å²) in [6, 6.07) is 3.83. The number of nitrogens with zero attached hydrogens (tertiary/aromatic N) is 2. The lowest BCUT2D eigenvalue weighted by Crippen LogP contribution is -2.45. The highest BCUT2D eigenvalue weighted by Gasteiger charge is 2.23. The minimum Gasteiger partial charge on any atom is -0.372 e. The number of amides is 1. The second-order valence-electron chi connectivity index (χ2n) is 6.83. The Morgan fingerprint density at radius 2 is 2.00 bits per heavy atom. The molecule has 1 aromatic heterocycles. The smallest absolute Gasteiger partial charge is 0.250 e. The Hall–Kier alpha value is -1.66. The number of pyridine rings is 1. The number of carbonyl (C=O) groups excluding carboxylic acids is 1. The van der Waals surface area contributed by atoms with Crippen LogP contribution in [0.1, 0.15) is 39.5 Å². The molecule has 24 heavy (non-hydrogen) atoms. The molecule has 1 aliphatic heterocycles. The van der Waals surface area contributed by atoms with Gasteiger partial charge >= 0.3 is 0 Å². The van der Waals surface area contributed by atoms with Crippen LogP contribution in [0.2, 0.25) is 0 Å². The van der Waals surface area contributed by atoms with Gasteiger partial charge in [-0.25, -0.2) is 4.98 Å². The van der Waals surface area contributed by atoms with Crippen LogP contribution in [0.5, 0.6) is 0 Å². The zero-order chi connectivity index (χ0) is 16.9. The summed E-state index contributed by atoms with van der Waals surface area (Å²) in [4.78, 5) is 18.6. The summed E-state index contributed by atoms with van der Waals surface area (Å²) in [6.07, 6.45) is 6.90. The highest BCUT2D eigenvalue weighted by Crippen LogP contribution is 2.21. The Balaban J connectivity index is 1.49. The number of rotatable bonds is 5. The standard InChI is InChI=1S/C18H27N3O3/c1-13-10-21(11-14(2)24-13)17-8-7-15(9-19-17)20-18(22)12-23-16-5-3-4-6-16/h7-9,13-14,16H,3-6,10-12H2,1-2H3,(H,20,22)/t13-,14-/m1/s1. The summed E-state index contributed by atoms with van der Waals surface area (Å²) in [5, 5.41) is 2.84. The summed E-state index contributed by atoms with van der Waals surface area (Å²) in [5.74, 6) is 0.794. The number of hydrogen-bond acceptors (Lipinski definition) is 5. The maximum Gasteiger partial charge on any atom is 0.250 e. The monoisotopic (exact) mass is 333 g/mol. The molecule has 1 saturated carbocycles. The van der Waals surface area contributed by atoms with Crippen molar-refractivity contribution < 1.29 is 14.3 Å². The van der Waals surface area contributed by atoms with Gasteiger partial charge in [0, 0.05) is 13.1 Å². The highest BCUT2D eigenvalue weighted by molar-refractivity contribution is 5.91. The molecule has 0 aromatic carbocycles. The van der Waals surface area contributed by atoms with Crippen molar-refractivity contribution in [1.29, 1.82) is 0 Å². The van der Waals surface area contributed by atoms with E-state index in [4.69, 9.17) is 9.47 Å². The molecular formula is C18H27N3O3. The van der Waals surface area contributed by atoms with Gasteiger partial charge < -0.3 is 19.7 Å². The Morgan fingerprint density at radius 3 is 2.62 bits per heavy atom. The van der Waals surface area contributed by atoms with E-state index >= 15 is 0 Å². The Bertz CT molecular complexity index is 533. The number of nitrogens with one attached hydrogen (secondary N) is 1. The summed E-state index contributed by atoms with van der Waals surface area (Å²) in [5.41, 5.74) is 0.702. The number of ether oxygens (including phenoxy) is 2. The summed E-state index contributed by atoms with van der Waals surface area (Å²) < 4.78 is 11.4. The average molecular weight is 333 g/mol. The lowest BCUT2D eigenvalue weighted by molar-refractivity contribution is -0.122. The molecule has 1 aliphatic carbocycles. The molecule has 2 fully saturated rings. The quantitative estimate of drug-likeness (QED) is 0.897. The van der Waals surface area contributed by atoms with Gasteiger partial charge in [0.25, 0.3) is 0 Å². The second kappa shape index (κ2) is 7.94. The largest absolute Gasteiger partial charge is 0.372 e. The van der Waals surface area contributed by atoms with E-state index in [0.717, 1.165) is 31.7 Å². The third kappa shape index (κ3) is 4.68. The summed E-state index contributed by atoms with van der Waals surface area (Å²) >= 11 is 0. The van der Waals surface area contributed by atoms with Crippen molar-refractivity contribution in [2.75, 3.05) is 29.9 Å². The molecule has 0 spiro atoms.